The first-order chi connectivity index (χ1) is 8.13. The molecule has 1 amide bonds. The highest BCUT2D eigenvalue weighted by molar-refractivity contribution is 8.00. The van der Waals surface area contributed by atoms with E-state index in [4.69, 9.17) is 5.21 Å². The van der Waals surface area contributed by atoms with E-state index in [0.29, 0.717) is 0 Å². The van der Waals surface area contributed by atoms with Gasteiger partial charge in [0, 0.05) is 7.05 Å². The summed E-state index contributed by atoms with van der Waals surface area (Å²) in [4.78, 5) is 13.0. The van der Waals surface area contributed by atoms with Gasteiger partial charge in [-0.05, 0) is 19.1 Å². The van der Waals surface area contributed by atoms with Crippen LogP contribution in [0.5, 0.6) is 0 Å². The molecule has 0 aliphatic heterocycles. The van der Waals surface area contributed by atoms with E-state index in [1.54, 1.807) is 18.8 Å². The van der Waals surface area contributed by atoms with E-state index in [0.717, 1.165) is 12.1 Å². The number of carbonyl (C=O) groups is 1. The largest absolute Gasteiger partial charge is 0.410 e. The van der Waals surface area contributed by atoms with E-state index in [9.17, 15) is 4.79 Å². The van der Waals surface area contributed by atoms with Gasteiger partial charge in [0.2, 0.25) is 5.91 Å². The molecule has 0 heterocycles. The van der Waals surface area contributed by atoms with Crippen LogP contribution in [0.4, 0.5) is 0 Å². The van der Waals surface area contributed by atoms with Gasteiger partial charge < -0.3 is 10.1 Å². The Morgan fingerprint density at radius 3 is 2.65 bits per heavy atom. The Bertz CT molecular complexity index is 235. The average molecular weight is 260 g/mol. The maximum absolute atomic E-state index is 11.7. The van der Waals surface area contributed by atoms with Crippen molar-refractivity contribution in [1.82, 2.24) is 4.90 Å². The van der Waals surface area contributed by atoms with Crippen LogP contribution in [0.25, 0.3) is 0 Å². The number of thioether (sulfide) groups is 1. The lowest BCUT2D eigenvalue weighted by Crippen LogP contribution is -2.32. The highest BCUT2D eigenvalue weighted by Crippen LogP contribution is 2.15. The van der Waals surface area contributed by atoms with Crippen molar-refractivity contribution < 1.29 is 10.0 Å². The third kappa shape index (κ3) is 8.07. The molecular formula is C12H24N2O2S. The van der Waals surface area contributed by atoms with E-state index in [1.807, 2.05) is 6.92 Å². The Morgan fingerprint density at radius 2 is 2.06 bits per heavy atom. The SMILES string of the molecule is CCCCCCCSC(C)C(=O)N(C)C=NO. The van der Waals surface area contributed by atoms with Gasteiger partial charge in [0.15, 0.2) is 0 Å². The molecule has 0 aromatic carbocycles. The van der Waals surface area contributed by atoms with Gasteiger partial charge in [0.05, 0.1) is 5.25 Å². The van der Waals surface area contributed by atoms with Crippen LogP contribution in [0, 0.1) is 0 Å². The minimum Gasteiger partial charge on any atom is -0.410 e. The first-order valence-electron chi connectivity index (χ1n) is 6.19. The molecule has 0 saturated heterocycles. The lowest BCUT2D eigenvalue weighted by molar-refractivity contribution is -0.125. The number of hydrogen-bond donors (Lipinski definition) is 1. The number of oxime groups is 1. The number of amides is 1. The fourth-order valence-corrected chi connectivity index (χ4v) is 2.49. The molecule has 0 rings (SSSR count). The van der Waals surface area contributed by atoms with Crippen LogP contribution in [0.15, 0.2) is 5.16 Å². The lowest BCUT2D eigenvalue weighted by Gasteiger charge is -2.16. The Balaban J connectivity index is 3.64. The quantitative estimate of drug-likeness (QED) is 0.228. The molecule has 0 fully saturated rings. The molecule has 100 valence electrons. The van der Waals surface area contributed by atoms with Gasteiger partial charge in [-0.3, -0.25) is 4.79 Å². The fourth-order valence-electron chi connectivity index (χ4n) is 1.46. The second-order valence-corrected chi connectivity index (χ2v) is 5.56. The van der Waals surface area contributed by atoms with Gasteiger partial charge in [0.1, 0.15) is 6.34 Å². The minimum atomic E-state index is -0.0795. The van der Waals surface area contributed by atoms with Crippen molar-refractivity contribution >= 4 is 24.0 Å². The second-order valence-electron chi connectivity index (χ2n) is 4.11. The molecule has 1 unspecified atom stereocenters. The number of unbranched alkanes of at least 4 members (excludes halogenated alkanes) is 4. The monoisotopic (exact) mass is 260 g/mol. The van der Waals surface area contributed by atoms with E-state index >= 15 is 0 Å². The molecule has 0 spiro atoms. The van der Waals surface area contributed by atoms with E-state index in [1.165, 1.54) is 37.0 Å². The molecule has 0 aromatic rings. The van der Waals surface area contributed by atoms with Crippen LogP contribution in [-0.2, 0) is 4.79 Å². The smallest absolute Gasteiger partial charge is 0.240 e. The van der Waals surface area contributed by atoms with Gasteiger partial charge in [0.25, 0.3) is 0 Å². The molecular weight excluding hydrogens is 236 g/mol. The Kier molecular flexibility index (Phi) is 10.0. The van der Waals surface area contributed by atoms with Crippen LogP contribution in [0.3, 0.4) is 0 Å². The summed E-state index contributed by atoms with van der Waals surface area (Å²) >= 11 is 1.66. The fraction of sp³-hybridized carbons (Fsp3) is 0.833. The van der Waals surface area contributed by atoms with Gasteiger partial charge >= 0.3 is 0 Å². The topological polar surface area (TPSA) is 52.9 Å². The molecule has 1 N–H and O–H groups in total. The summed E-state index contributed by atoms with van der Waals surface area (Å²) < 4.78 is 0. The summed E-state index contributed by atoms with van der Waals surface area (Å²) in [5.41, 5.74) is 0. The lowest BCUT2D eigenvalue weighted by atomic mass is 10.2. The number of rotatable bonds is 9. The van der Waals surface area contributed by atoms with Crippen molar-refractivity contribution in [2.45, 2.75) is 51.2 Å². The third-order valence-electron chi connectivity index (χ3n) is 2.54. The van der Waals surface area contributed by atoms with E-state index in [-0.39, 0.29) is 11.2 Å². The molecule has 0 aromatic heterocycles. The zero-order chi connectivity index (χ0) is 13.1. The molecule has 0 bridgehead atoms. The molecule has 1 atom stereocenters. The van der Waals surface area contributed by atoms with Gasteiger partial charge in [-0.2, -0.15) is 0 Å². The Labute approximate surface area is 108 Å². The normalized spacial score (nSPS) is 12.9. The van der Waals surface area contributed by atoms with Crippen LogP contribution in [-0.4, -0.2) is 40.4 Å². The van der Waals surface area contributed by atoms with Gasteiger partial charge in [-0.1, -0.05) is 37.8 Å². The second kappa shape index (κ2) is 10.4. The Hall–Kier alpha value is -0.710. The first-order valence-corrected chi connectivity index (χ1v) is 7.24. The number of hydrogen-bond acceptors (Lipinski definition) is 4. The van der Waals surface area contributed by atoms with E-state index < -0.39 is 0 Å². The Morgan fingerprint density at radius 1 is 1.41 bits per heavy atom. The van der Waals surface area contributed by atoms with Crippen molar-refractivity contribution in [2.75, 3.05) is 12.8 Å². The summed E-state index contributed by atoms with van der Waals surface area (Å²) in [6, 6.07) is 0. The third-order valence-corrected chi connectivity index (χ3v) is 3.76. The molecule has 5 heteroatoms. The van der Waals surface area contributed by atoms with Crippen LogP contribution in [0.1, 0.15) is 46.0 Å². The summed E-state index contributed by atoms with van der Waals surface area (Å²) in [6.45, 7) is 4.09. The molecule has 0 aliphatic rings. The number of nitrogens with zero attached hydrogens (tertiary/aromatic N) is 2. The van der Waals surface area contributed by atoms with E-state index in [2.05, 4.69) is 12.1 Å². The van der Waals surface area contributed by atoms with Crippen LogP contribution < -0.4 is 0 Å². The maximum atomic E-state index is 11.7. The van der Waals surface area contributed by atoms with Crippen molar-refractivity contribution in [1.29, 1.82) is 0 Å². The molecule has 4 nitrogen and oxygen atoms in total. The summed E-state index contributed by atoms with van der Waals surface area (Å²) in [6.07, 6.45) is 7.38. The van der Waals surface area contributed by atoms with Crippen molar-refractivity contribution in [3.05, 3.63) is 0 Å². The van der Waals surface area contributed by atoms with Crippen LogP contribution >= 0.6 is 11.8 Å². The predicted octanol–water partition coefficient (Wildman–Crippen LogP) is 2.95. The van der Waals surface area contributed by atoms with Crippen molar-refractivity contribution in [3.63, 3.8) is 0 Å². The average Bonchev–Trinajstić information content (AvgIpc) is 2.32. The van der Waals surface area contributed by atoms with Crippen molar-refractivity contribution in [3.8, 4) is 0 Å². The standard InChI is InChI=1S/C12H24N2O2S/c1-4-5-6-7-8-9-17-11(2)12(15)14(3)10-13-16/h10-11,16H,4-9H2,1-3H3. The molecule has 0 saturated carbocycles. The summed E-state index contributed by atoms with van der Waals surface area (Å²) in [5, 5.41) is 11.1. The molecule has 0 aliphatic carbocycles. The van der Waals surface area contributed by atoms with Crippen LogP contribution in [0.2, 0.25) is 0 Å². The van der Waals surface area contributed by atoms with Gasteiger partial charge in [-0.25, -0.2) is 0 Å². The molecule has 0 radical (unpaired) electrons. The zero-order valence-corrected chi connectivity index (χ0v) is 11.9. The summed E-state index contributed by atoms with van der Waals surface area (Å²) in [7, 11) is 1.60. The number of carbonyl (C=O) groups excluding carboxylic acids is 1. The van der Waals surface area contributed by atoms with Crippen molar-refractivity contribution in [2.24, 2.45) is 5.16 Å². The minimum absolute atomic E-state index is 0.0265. The summed E-state index contributed by atoms with van der Waals surface area (Å²) in [5.74, 6) is 0.988. The highest BCUT2D eigenvalue weighted by atomic mass is 32.2. The van der Waals surface area contributed by atoms with Gasteiger partial charge in [-0.15, -0.1) is 11.8 Å². The predicted molar refractivity (Wildman–Crippen MR) is 73.7 cm³/mol. The maximum Gasteiger partial charge on any atom is 0.240 e. The highest BCUT2D eigenvalue weighted by Gasteiger charge is 2.16. The first kappa shape index (κ1) is 16.3. The molecule has 17 heavy (non-hydrogen) atoms. The zero-order valence-electron chi connectivity index (χ0n) is 11.1.